The summed E-state index contributed by atoms with van der Waals surface area (Å²) in [4.78, 5) is 40.7. The summed E-state index contributed by atoms with van der Waals surface area (Å²) in [6.45, 7) is 4.14. The molecule has 186 valence electrons. The van der Waals surface area contributed by atoms with Crippen LogP contribution >= 0.6 is 0 Å². The smallest absolute Gasteiger partial charge is 0.325 e. The highest BCUT2D eigenvalue weighted by atomic mass is 32.2. The zero-order valence-corrected chi connectivity index (χ0v) is 20.8. The van der Waals surface area contributed by atoms with Crippen molar-refractivity contribution in [1.29, 1.82) is 0 Å². The highest BCUT2D eigenvalue weighted by Gasteiger charge is 2.44. The molecular formula is C25H30N4O5S. The van der Waals surface area contributed by atoms with Crippen LogP contribution < -0.4 is 10.2 Å². The van der Waals surface area contributed by atoms with Crippen molar-refractivity contribution in [2.75, 3.05) is 29.9 Å². The Balaban J connectivity index is 1.40. The third-order valence-corrected chi connectivity index (χ3v) is 8.32. The number of carbonyl (C=O) groups is 3. The summed E-state index contributed by atoms with van der Waals surface area (Å²) in [5.74, 6) is -1.00. The maximum absolute atomic E-state index is 12.9. The lowest BCUT2D eigenvalue weighted by molar-refractivity contribution is -0.130. The van der Waals surface area contributed by atoms with E-state index in [4.69, 9.17) is 0 Å². The van der Waals surface area contributed by atoms with Gasteiger partial charge in [-0.15, -0.1) is 0 Å². The van der Waals surface area contributed by atoms with Gasteiger partial charge in [-0.3, -0.25) is 19.4 Å². The molecular weight excluding hydrogens is 468 g/mol. The molecule has 1 atom stereocenters. The Hall–Kier alpha value is -3.24. The Kier molecular flexibility index (Phi) is 7.23. The zero-order valence-electron chi connectivity index (χ0n) is 19.9. The molecule has 0 radical (unpaired) electrons. The molecule has 4 rings (SSSR count). The molecule has 10 heteroatoms. The molecule has 0 aliphatic carbocycles. The van der Waals surface area contributed by atoms with Crippen molar-refractivity contribution in [2.45, 2.75) is 50.5 Å². The number of urea groups is 1. The van der Waals surface area contributed by atoms with E-state index in [1.165, 1.54) is 33.5 Å². The largest absolute Gasteiger partial charge is 0.332 e. The lowest BCUT2D eigenvalue weighted by atomic mass is 10.2. The van der Waals surface area contributed by atoms with Crippen molar-refractivity contribution in [1.82, 2.24) is 9.21 Å². The monoisotopic (exact) mass is 498 g/mol. The molecule has 2 aliphatic heterocycles. The van der Waals surface area contributed by atoms with Gasteiger partial charge >= 0.3 is 6.03 Å². The molecule has 0 saturated carbocycles. The Labute approximate surface area is 205 Å². The van der Waals surface area contributed by atoms with Crippen molar-refractivity contribution in [3.05, 3.63) is 54.1 Å². The number of rotatable bonds is 6. The third kappa shape index (κ3) is 5.23. The van der Waals surface area contributed by atoms with Crippen LogP contribution in [-0.4, -0.2) is 61.1 Å². The average molecular weight is 499 g/mol. The number of imide groups is 1. The molecule has 2 aliphatic rings. The van der Waals surface area contributed by atoms with Crippen LogP contribution in [0.5, 0.6) is 0 Å². The minimum Gasteiger partial charge on any atom is -0.325 e. The van der Waals surface area contributed by atoms with Crippen LogP contribution in [0.4, 0.5) is 16.2 Å². The molecule has 35 heavy (non-hydrogen) atoms. The summed E-state index contributed by atoms with van der Waals surface area (Å²) in [5.41, 5.74) is 2.00. The maximum Gasteiger partial charge on any atom is 0.332 e. The third-order valence-electron chi connectivity index (χ3n) is 6.40. The number of hydrogen-bond donors (Lipinski definition) is 1. The van der Waals surface area contributed by atoms with Gasteiger partial charge in [-0.05, 0) is 63.1 Å². The number of amides is 4. The fraction of sp³-hybridized carbons (Fsp3) is 0.400. The number of anilines is 2. The van der Waals surface area contributed by atoms with E-state index in [0.29, 0.717) is 24.5 Å². The van der Waals surface area contributed by atoms with Crippen molar-refractivity contribution in [3.63, 3.8) is 0 Å². The second-order valence-electron chi connectivity index (χ2n) is 8.98. The van der Waals surface area contributed by atoms with E-state index < -0.39 is 40.5 Å². The summed E-state index contributed by atoms with van der Waals surface area (Å²) in [7, 11) is -3.59. The minimum absolute atomic E-state index is 0.171. The summed E-state index contributed by atoms with van der Waals surface area (Å²) >= 11 is 0. The number of benzene rings is 2. The first-order valence-electron chi connectivity index (χ1n) is 11.8. The second-order valence-corrected chi connectivity index (χ2v) is 10.9. The molecule has 9 nitrogen and oxygen atoms in total. The number of nitrogens with zero attached hydrogens (tertiary/aromatic N) is 3. The quantitative estimate of drug-likeness (QED) is 0.615. The van der Waals surface area contributed by atoms with E-state index in [9.17, 15) is 22.8 Å². The van der Waals surface area contributed by atoms with E-state index in [-0.39, 0.29) is 4.90 Å². The van der Waals surface area contributed by atoms with Gasteiger partial charge in [-0.25, -0.2) is 13.2 Å². The topological polar surface area (TPSA) is 107 Å². The average Bonchev–Trinajstić information content (AvgIpc) is 3.04. The molecule has 0 spiro atoms. The van der Waals surface area contributed by atoms with Crippen molar-refractivity contribution in [3.8, 4) is 0 Å². The van der Waals surface area contributed by atoms with Gasteiger partial charge < -0.3 is 5.32 Å². The summed E-state index contributed by atoms with van der Waals surface area (Å²) in [5, 5.41) is 2.64. The summed E-state index contributed by atoms with van der Waals surface area (Å²) in [6.07, 6.45) is 3.75. The normalized spacial score (nSPS) is 19.7. The molecule has 2 aromatic carbocycles. The molecule has 1 N–H and O–H groups in total. The first-order valence-corrected chi connectivity index (χ1v) is 13.2. The molecule has 2 heterocycles. The van der Waals surface area contributed by atoms with Crippen molar-refractivity contribution in [2.24, 2.45) is 0 Å². The Morgan fingerprint density at radius 3 is 2.14 bits per heavy atom. The van der Waals surface area contributed by atoms with Gasteiger partial charge in [0.05, 0.1) is 4.90 Å². The first kappa shape index (κ1) is 24.9. The minimum atomic E-state index is -3.59. The first-order chi connectivity index (χ1) is 16.7. The van der Waals surface area contributed by atoms with Crippen molar-refractivity contribution < 1.29 is 22.8 Å². The number of carbonyl (C=O) groups excluding carboxylic acids is 3. The number of sulfonamides is 1. The van der Waals surface area contributed by atoms with Crippen LogP contribution in [0.2, 0.25) is 0 Å². The molecule has 2 saturated heterocycles. The highest BCUT2D eigenvalue weighted by molar-refractivity contribution is 7.89. The van der Waals surface area contributed by atoms with Crippen LogP contribution in [0, 0.1) is 6.92 Å². The van der Waals surface area contributed by atoms with E-state index in [0.717, 1.165) is 36.1 Å². The maximum atomic E-state index is 12.9. The van der Waals surface area contributed by atoms with Crippen LogP contribution in [0.25, 0.3) is 0 Å². The SMILES string of the molecule is Cc1ccc(N2C(=O)N(CC(=O)Nc3ccc(S(=O)(=O)N4CCCCCC4)cc3)C(=O)[C@@H]2C)cc1. The number of hydrogen-bond acceptors (Lipinski definition) is 5. The van der Waals surface area contributed by atoms with Gasteiger partial charge in [-0.1, -0.05) is 30.5 Å². The molecule has 0 unspecified atom stereocenters. The highest BCUT2D eigenvalue weighted by Crippen LogP contribution is 2.26. The number of aryl methyl sites for hydroxylation is 1. The molecule has 0 aromatic heterocycles. The van der Waals surface area contributed by atoms with E-state index in [1.54, 1.807) is 19.1 Å². The molecule has 2 fully saturated rings. The Morgan fingerprint density at radius 1 is 0.943 bits per heavy atom. The van der Waals surface area contributed by atoms with Gasteiger partial charge in [0.25, 0.3) is 5.91 Å². The Bertz CT molecular complexity index is 1200. The van der Waals surface area contributed by atoms with Gasteiger partial charge in [0.2, 0.25) is 15.9 Å². The van der Waals surface area contributed by atoms with Crippen LogP contribution in [-0.2, 0) is 19.6 Å². The number of nitrogens with one attached hydrogen (secondary N) is 1. The fourth-order valence-electron chi connectivity index (χ4n) is 4.40. The van der Waals surface area contributed by atoms with Crippen LogP contribution in [0.15, 0.2) is 53.4 Å². The van der Waals surface area contributed by atoms with Crippen LogP contribution in [0.1, 0.15) is 38.2 Å². The van der Waals surface area contributed by atoms with E-state index in [2.05, 4.69) is 5.32 Å². The van der Waals surface area contributed by atoms with Gasteiger partial charge in [0.15, 0.2) is 0 Å². The van der Waals surface area contributed by atoms with E-state index >= 15 is 0 Å². The van der Waals surface area contributed by atoms with Crippen LogP contribution in [0.3, 0.4) is 0 Å². The van der Waals surface area contributed by atoms with Crippen molar-refractivity contribution >= 4 is 39.2 Å². The fourth-order valence-corrected chi connectivity index (χ4v) is 5.91. The lowest BCUT2D eigenvalue weighted by Gasteiger charge is -2.20. The lowest BCUT2D eigenvalue weighted by Crippen LogP contribution is -2.39. The van der Waals surface area contributed by atoms with E-state index in [1.807, 2.05) is 19.1 Å². The summed E-state index contributed by atoms with van der Waals surface area (Å²) in [6, 6.07) is 11.9. The van der Waals surface area contributed by atoms with Gasteiger partial charge in [-0.2, -0.15) is 4.31 Å². The predicted molar refractivity (Wildman–Crippen MR) is 133 cm³/mol. The Morgan fingerprint density at radius 2 is 1.54 bits per heavy atom. The zero-order chi connectivity index (χ0) is 25.2. The summed E-state index contributed by atoms with van der Waals surface area (Å²) < 4.78 is 27.4. The second kappa shape index (κ2) is 10.2. The standard InChI is InChI=1S/C25H30N4O5S/c1-18-7-11-21(12-8-18)29-19(2)24(31)28(25(29)32)17-23(30)26-20-9-13-22(14-10-20)35(33,34)27-15-5-3-4-6-16-27/h7-14,19H,3-6,15-17H2,1-2H3,(H,26,30)/t19-/m0/s1. The molecule has 4 amide bonds. The predicted octanol–water partition coefficient (Wildman–Crippen LogP) is 3.36. The van der Waals surface area contributed by atoms with Gasteiger partial charge in [0.1, 0.15) is 12.6 Å². The molecule has 2 aromatic rings. The van der Waals surface area contributed by atoms with Gasteiger partial charge in [0, 0.05) is 24.5 Å². The molecule has 0 bridgehead atoms.